The third-order valence-electron chi connectivity index (χ3n) is 3.89. The molecule has 1 heterocycles. The molecule has 0 fully saturated rings. The Morgan fingerprint density at radius 1 is 1.43 bits per heavy atom. The van der Waals surface area contributed by atoms with Crippen LogP contribution in [0.4, 0.5) is 0 Å². The van der Waals surface area contributed by atoms with E-state index < -0.39 is 20.6 Å². The van der Waals surface area contributed by atoms with E-state index in [1.165, 1.54) is 10.9 Å². The third-order valence-corrected chi connectivity index (χ3v) is 6.40. The normalized spacial score (nSPS) is 14.6. The quantitative estimate of drug-likeness (QED) is 0.810. The molecular weight excluding hydrogens is 388 g/mol. The van der Waals surface area contributed by atoms with Gasteiger partial charge in [-0.25, -0.2) is 13.4 Å². The maximum absolute atomic E-state index is 12.4. The molecule has 1 aromatic heterocycles. The lowest BCUT2D eigenvalue weighted by Gasteiger charge is -2.22. The molecule has 2 rings (SSSR count). The van der Waals surface area contributed by atoms with Crippen molar-refractivity contribution in [3.8, 4) is 0 Å². The van der Waals surface area contributed by atoms with E-state index in [0.29, 0.717) is 10.9 Å². The van der Waals surface area contributed by atoms with Gasteiger partial charge in [0, 0.05) is 17.3 Å². The molecule has 23 heavy (non-hydrogen) atoms. The van der Waals surface area contributed by atoms with Crippen LogP contribution in [0, 0.1) is 0 Å². The molecule has 1 aromatic carbocycles. The van der Waals surface area contributed by atoms with E-state index in [0.717, 1.165) is 17.7 Å². The summed E-state index contributed by atoms with van der Waals surface area (Å²) in [5, 5.41) is 9.61. The van der Waals surface area contributed by atoms with Gasteiger partial charge in [-0.1, -0.05) is 15.9 Å². The summed E-state index contributed by atoms with van der Waals surface area (Å²) in [4.78, 5) is 27.9. The van der Waals surface area contributed by atoms with Crippen molar-refractivity contribution in [1.82, 2.24) is 9.55 Å². The Hall–Kier alpha value is -1.74. The number of hydrogen-bond donors (Lipinski definition) is 1. The summed E-state index contributed by atoms with van der Waals surface area (Å²) in [6.45, 7) is 1.08. The van der Waals surface area contributed by atoms with Crippen molar-refractivity contribution in [2.75, 3.05) is 6.26 Å². The number of carboxylic acids is 1. The van der Waals surface area contributed by atoms with Gasteiger partial charge in [-0.3, -0.25) is 14.2 Å². The second-order valence-corrected chi connectivity index (χ2v) is 8.82. The number of halogens is 1. The predicted molar refractivity (Wildman–Crippen MR) is 89.2 cm³/mol. The number of carbonyl (C=O) groups is 1. The van der Waals surface area contributed by atoms with E-state index in [2.05, 4.69) is 20.9 Å². The molecule has 124 valence electrons. The molecule has 0 aliphatic carbocycles. The van der Waals surface area contributed by atoms with Crippen molar-refractivity contribution in [3.63, 3.8) is 0 Å². The molecular formula is C14H15BrN2O5S. The molecule has 1 atom stereocenters. The van der Waals surface area contributed by atoms with Crippen LogP contribution in [-0.4, -0.2) is 40.0 Å². The van der Waals surface area contributed by atoms with Crippen LogP contribution >= 0.6 is 15.9 Å². The number of aryl methyl sites for hydroxylation is 1. The summed E-state index contributed by atoms with van der Waals surface area (Å²) in [5.41, 5.74) is 0.161. The van der Waals surface area contributed by atoms with Crippen LogP contribution in [0.3, 0.4) is 0 Å². The van der Waals surface area contributed by atoms with Crippen molar-refractivity contribution < 1.29 is 18.3 Å². The zero-order valence-corrected chi connectivity index (χ0v) is 14.9. The van der Waals surface area contributed by atoms with Gasteiger partial charge in [0.25, 0.3) is 5.56 Å². The molecule has 0 radical (unpaired) electrons. The first-order chi connectivity index (χ1) is 10.6. The van der Waals surface area contributed by atoms with Gasteiger partial charge in [-0.05, 0) is 31.5 Å². The van der Waals surface area contributed by atoms with Gasteiger partial charge in [0.05, 0.1) is 17.2 Å². The van der Waals surface area contributed by atoms with Crippen LogP contribution in [0.15, 0.2) is 33.8 Å². The molecule has 0 aliphatic rings. The Morgan fingerprint density at radius 3 is 2.65 bits per heavy atom. The van der Waals surface area contributed by atoms with Crippen molar-refractivity contribution in [1.29, 1.82) is 0 Å². The maximum Gasteiger partial charge on any atom is 0.324 e. The lowest BCUT2D eigenvalue weighted by Crippen LogP contribution is -2.44. The number of sulfone groups is 1. The summed E-state index contributed by atoms with van der Waals surface area (Å²) in [5.74, 6) is -1.44. The zero-order chi connectivity index (χ0) is 17.4. The first-order valence-corrected chi connectivity index (χ1v) is 9.32. The fourth-order valence-electron chi connectivity index (χ4n) is 2.08. The van der Waals surface area contributed by atoms with Crippen LogP contribution in [0.25, 0.3) is 10.9 Å². The van der Waals surface area contributed by atoms with E-state index in [9.17, 15) is 23.1 Å². The molecule has 1 N–H and O–H groups in total. The highest BCUT2D eigenvalue weighted by atomic mass is 79.9. The number of aliphatic carboxylic acids is 1. The molecule has 0 spiro atoms. The number of fused-ring (bicyclic) bond motifs is 1. The summed E-state index contributed by atoms with van der Waals surface area (Å²) < 4.78 is 23.6. The molecule has 0 amide bonds. The number of aromatic nitrogens is 2. The number of nitrogens with zero attached hydrogens (tertiary/aromatic N) is 2. The monoisotopic (exact) mass is 402 g/mol. The van der Waals surface area contributed by atoms with E-state index in [1.807, 2.05) is 0 Å². The summed E-state index contributed by atoms with van der Waals surface area (Å²) in [7, 11) is -3.84. The number of rotatable bonds is 5. The van der Waals surface area contributed by atoms with Gasteiger partial charge in [0.2, 0.25) is 0 Å². The maximum atomic E-state index is 12.4. The SMILES string of the molecule is C[C@@](CCn1cnc2cc(Br)ccc2c1=O)(C(=O)O)S(C)(=O)=O. The fourth-order valence-corrected chi connectivity index (χ4v) is 3.20. The third kappa shape index (κ3) is 3.30. The molecule has 0 saturated heterocycles. The number of hydrogen-bond acceptors (Lipinski definition) is 5. The Bertz CT molecular complexity index is 938. The average Bonchev–Trinajstić information content (AvgIpc) is 2.44. The van der Waals surface area contributed by atoms with Gasteiger partial charge in [0.15, 0.2) is 14.6 Å². The Labute approximate surface area is 141 Å². The Morgan fingerprint density at radius 2 is 2.09 bits per heavy atom. The summed E-state index contributed by atoms with van der Waals surface area (Å²) in [6, 6.07) is 5.00. The van der Waals surface area contributed by atoms with Crippen LogP contribution in [0.1, 0.15) is 13.3 Å². The van der Waals surface area contributed by atoms with Crippen molar-refractivity contribution >= 4 is 42.6 Å². The van der Waals surface area contributed by atoms with Crippen molar-refractivity contribution in [2.45, 2.75) is 24.6 Å². The molecule has 2 aromatic rings. The van der Waals surface area contributed by atoms with Gasteiger partial charge < -0.3 is 5.11 Å². The fraction of sp³-hybridized carbons (Fsp3) is 0.357. The van der Waals surface area contributed by atoms with Gasteiger partial charge in [-0.2, -0.15) is 0 Å². The van der Waals surface area contributed by atoms with Gasteiger partial charge in [0.1, 0.15) is 0 Å². The van der Waals surface area contributed by atoms with Gasteiger partial charge >= 0.3 is 5.97 Å². The van der Waals surface area contributed by atoms with Crippen molar-refractivity contribution in [2.24, 2.45) is 0 Å². The largest absolute Gasteiger partial charge is 0.480 e. The lowest BCUT2D eigenvalue weighted by molar-refractivity contribution is -0.139. The Balaban J connectivity index is 2.40. The second-order valence-electron chi connectivity index (χ2n) is 5.46. The number of carboxylic acid groups (broad SMARTS) is 1. The van der Waals surface area contributed by atoms with E-state index in [4.69, 9.17) is 0 Å². The average molecular weight is 403 g/mol. The van der Waals surface area contributed by atoms with Gasteiger partial charge in [-0.15, -0.1) is 0 Å². The highest BCUT2D eigenvalue weighted by molar-refractivity contribution is 9.10. The highest BCUT2D eigenvalue weighted by Gasteiger charge is 2.43. The van der Waals surface area contributed by atoms with Crippen LogP contribution < -0.4 is 5.56 Å². The summed E-state index contributed by atoms with van der Waals surface area (Å²) >= 11 is 3.29. The summed E-state index contributed by atoms with van der Waals surface area (Å²) in [6.07, 6.45) is 1.94. The minimum absolute atomic E-state index is 0.0618. The lowest BCUT2D eigenvalue weighted by atomic mass is 10.1. The van der Waals surface area contributed by atoms with Crippen molar-refractivity contribution in [3.05, 3.63) is 39.4 Å². The zero-order valence-electron chi connectivity index (χ0n) is 12.5. The molecule has 9 heteroatoms. The van der Waals surface area contributed by atoms with E-state index in [-0.39, 0.29) is 18.5 Å². The van der Waals surface area contributed by atoms with E-state index >= 15 is 0 Å². The molecule has 0 unspecified atom stereocenters. The minimum atomic E-state index is -3.84. The topological polar surface area (TPSA) is 106 Å². The first-order valence-electron chi connectivity index (χ1n) is 6.64. The van der Waals surface area contributed by atoms with Crippen LogP contribution in [-0.2, 0) is 21.2 Å². The highest BCUT2D eigenvalue weighted by Crippen LogP contribution is 2.22. The standard InChI is InChI=1S/C14H15BrN2O5S/c1-14(13(19)20,23(2,21)22)5-6-17-8-16-11-7-9(15)3-4-10(11)12(17)18/h3-4,7-8H,5-6H2,1-2H3,(H,19,20)/t14-/m1/s1. The Kier molecular flexibility index (Phi) is 4.63. The first kappa shape index (κ1) is 17.6. The molecule has 0 aliphatic heterocycles. The second kappa shape index (κ2) is 6.04. The minimum Gasteiger partial charge on any atom is -0.480 e. The number of benzene rings is 1. The molecule has 7 nitrogen and oxygen atoms in total. The molecule has 0 bridgehead atoms. The van der Waals surface area contributed by atoms with E-state index in [1.54, 1.807) is 18.2 Å². The smallest absolute Gasteiger partial charge is 0.324 e. The van der Waals surface area contributed by atoms with Crippen LogP contribution in [0.5, 0.6) is 0 Å². The predicted octanol–water partition coefficient (Wildman–Crippen LogP) is 1.44. The van der Waals surface area contributed by atoms with Crippen LogP contribution in [0.2, 0.25) is 0 Å². The molecule has 0 saturated carbocycles.